The first-order valence-corrected chi connectivity index (χ1v) is 5.62. The van der Waals surface area contributed by atoms with Gasteiger partial charge in [-0.2, -0.15) is 0 Å². The number of imidazole rings is 1. The topological polar surface area (TPSA) is 53.1 Å². The summed E-state index contributed by atoms with van der Waals surface area (Å²) in [5.41, 5.74) is 7.30. The maximum atomic E-state index is 13.0. The average molecular weight is 237 g/mol. The van der Waals surface area contributed by atoms with Crippen LogP contribution in [0.5, 0.6) is 0 Å². The van der Waals surface area contributed by atoms with Crippen LogP contribution in [-0.4, -0.2) is 23.3 Å². The third kappa shape index (κ3) is 2.55. The van der Waals surface area contributed by atoms with Gasteiger partial charge in [-0.3, -0.25) is 0 Å². The van der Waals surface area contributed by atoms with E-state index in [9.17, 15) is 4.39 Å². The highest BCUT2D eigenvalue weighted by molar-refractivity contribution is 5.78. The molecule has 0 fully saturated rings. The molecule has 0 saturated heterocycles. The van der Waals surface area contributed by atoms with Gasteiger partial charge in [0.05, 0.1) is 11.0 Å². The van der Waals surface area contributed by atoms with Crippen molar-refractivity contribution in [3.63, 3.8) is 0 Å². The largest absolute Gasteiger partial charge is 0.385 e. The van der Waals surface area contributed by atoms with E-state index in [0.29, 0.717) is 11.5 Å². The van der Waals surface area contributed by atoms with Gasteiger partial charge in [0, 0.05) is 26.3 Å². The quantitative estimate of drug-likeness (QED) is 0.811. The number of unbranched alkanes of at least 4 members (excludes halogenated alkanes) is 1. The van der Waals surface area contributed by atoms with Crippen LogP contribution in [0.4, 0.5) is 10.3 Å². The molecule has 0 spiro atoms. The van der Waals surface area contributed by atoms with Crippen molar-refractivity contribution in [2.75, 3.05) is 19.5 Å². The van der Waals surface area contributed by atoms with Gasteiger partial charge in [-0.15, -0.1) is 0 Å². The van der Waals surface area contributed by atoms with Gasteiger partial charge < -0.3 is 15.0 Å². The van der Waals surface area contributed by atoms with Crippen LogP contribution >= 0.6 is 0 Å². The molecule has 0 unspecified atom stereocenters. The van der Waals surface area contributed by atoms with Gasteiger partial charge in [-0.25, -0.2) is 9.37 Å². The Kier molecular flexibility index (Phi) is 3.58. The van der Waals surface area contributed by atoms with E-state index in [0.717, 1.165) is 31.5 Å². The fourth-order valence-electron chi connectivity index (χ4n) is 1.87. The normalized spacial score (nSPS) is 11.2. The van der Waals surface area contributed by atoms with E-state index < -0.39 is 0 Å². The number of aromatic nitrogens is 2. The van der Waals surface area contributed by atoms with Crippen molar-refractivity contribution < 1.29 is 9.13 Å². The Balaban J connectivity index is 2.18. The number of methoxy groups -OCH3 is 1. The fourth-order valence-corrected chi connectivity index (χ4v) is 1.87. The Hall–Kier alpha value is -1.62. The monoisotopic (exact) mass is 237 g/mol. The molecule has 5 heteroatoms. The van der Waals surface area contributed by atoms with Gasteiger partial charge in [0.1, 0.15) is 5.82 Å². The number of aryl methyl sites for hydroxylation is 1. The molecule has 4 nitrogen and oxygen atoms in total. The van der Waals surface area contributed by atoms with Crippen LogP contribution in [0.15, 0.2) is 18.2 Å². The van der Waals surface area contributed by atoms with E-state index in [2.05, 4.69) is 4.98 Å². The zero-order valence-corrected chi connectivity index (χ0v) is 9.82. The molecule has 1 aromatic carbocycles. The van der Waals surface area contributed by atoms with Crippen LogP contribution in [0.1, 0.15) is 12.8 Å². The molecule has 0 amide bonds. The lowest BCUT2D eigenvalue weighted by Crippen LogP contribution is -2.04. The average Bonchev–Trinajstić information content (AvgIpc) is 2.60. The van der Waals surface area contributed by atoms with Crippen LogP contribution in [0.3, 0.4) is 0 Å². The van der Waals surface area contributed by atoms with E-state index in [1.165, 1.54) is 12.1 Å². The molecule has 2 rings (SSSR count). The lowest BCUT2D eigenvalue weighted by Gasteiger charge is -2.05. The highest BCUT2D eigenvalue weighted by Gasteiger charge is 2.08. The molecule has 0 bridgehead atoms. The van der Waals surface area contributed by atoms with E-state index >= 15 is 0 Å². The summed E-state index contributed by atoms with van der Waals surface area (Å²) in [6, 6.07) is 4.54. The first-order chi connectivity index (χ1) is 8.22. The highest BCUT2D eigenvalue weighted by atomic mass is 19.1. The first kappa shape index (κ1) is 11.9. The SMILES string of the molecule is COCCCCn1c(N)nc2cc(F)ccc21. The van der Waals surface area contributed by atoms with Gasteiger partial charge in [-0.05, 0) is 25.0 Å². The highest BCUT2D eigenvalue weighted by Crippen LogP contribution is 2.19. The van der Waals surface area contributed by atoms with Crippen molar-refractivity contribution in [1.82, 2.24) is 9.55 Å². The summed E-state index contributed by atoms with van der Waals surface area (Å²) in [6.07, 6.45) is 1.93. The maximum absolute atomic E-state index is 13.0. The summed E-state index contributed by atoms with van der Waals surface area (Å²) in [4.78, 5) is 4.14. The van der Waals surface area contributed by atoms with Gasteiger partial charge in [0.15, 0.2) is 0 Å². The summed E-state index contributed by atoms with van der Waals surface area (Å²) in [7, 11) is 1.68. The molecule has 1 aromatic heterocycles. The molecule has 0 aliphatic heterocycles. The smallest absolute Gasteiger partial charge is 0.201 e. The number of anilines is 1. The zero-order valence-electron chi connectivity index (χ0n) is 9.82. The molecule has 0 radical (unpaired) electrons. The summed E-state index contributed by atoms with van der Waals surface area (Å²) < 4.78 is 19.9. The minimum absolute atomic E-state index is 0.290. The van der Waals surface area contributed by atoms with E-state index in [4.69, 9.17) is 10.5 Å². The number of hydrogen-bond acceptors (Lipinski definition) is 3. The van der Waals surface area contributed by atoms with Crippen molar-refractivity contribution >= 4 is 17.0 Å². The minimum atomic E-state index is -0.290. The standard InChI is InChI=1S/C12H16FN3O/c1-17-7-3-2-6-16-11-5-4-9(13)8-10(11)15-12(16)14/h4-5,8H,2-3,6-7H2,1H3,(H2,14,15). The Bertz CT molecular complexity index is 510. The lowest BCUT2D eigenvalue weighted by atomic mass is 10.3. The van der Waals surface area contributed by atoms with Crippen molar-refractivity contribution in [1.29, 1.82) is 0 Å². The van der Waals surface area contributed by atoms with Crippen molar-refractivity contribution in [2.24, 2.45) is 0 Å². The second-order valence-electron chi connectivity index (χ2n) is 3.95. The molecular formula is C12H16FN3O. The van der Waals surface area contributed by atoms with Crippen molar-refractivity contribution in [3.05, 3.63) is 24.0 Å². The van der Waals surface area contributed by atoms with Gasteiger partial charge in [0.25, 0.3) is 0 Å². The minimum Gasteiger partial charge on any atom is -0.385 e. The number of nitrogen functional groups attached to an aromatic ring is 1. The summed E-state index contributed by atoms with van der Waals surface area (Å²) >= 11 is 0. The number of nitrogens with two attached hydrogens (primary N) is 1. The maximum Gasteiger partial charge on any atom is 0.201 e. The lowest BCUT2D eigenvalue weighted by molar-refractivity contribution is 0.191. The van der Waals surface area contributed by atoms with Gasteiger partial charge in [-0.1, -0.05) is 0 Å². The zero-order chi connectivity index (χ0) is 12.3. The molecule has 2 aromatic rings. The van der Waals surface area contributed by atoms with Crippen molar-refractivity contribution in [3.8, 4) is 0 Å². The summed E-state index contributed by atoms with van der Waals surface area (Å²) in [6.45, 7) is 1.51. The van der Waals surface area contributed by atoms with Crippen LogP contribution in [0.2, 0.25) is 0 Å². The Labute approximate surface area is 99.2 Å². The molecule has 0 aliphatic carbocycles. The van der Waals surface area contributed by atoms with E-state index in [1.54, 1.807) is 13.2 Å². The first-order valence-electron chi connectivity index (χ1n) is 5.62. The Morgan fingerprint density at radius 3 is 3.00 bits per heavy atom. The summed E-state index contributed by atoms with van der Waals surface area (Å²) in [5, 5.41) is 0. The molecule has 17 heavy (non-hydrogen) atoms. The van der Waals surface area contributed by atoms with Crippen LogP contribution in [-0.2, 0) is 11.3 Å². The predicted molar refractivity (Wildman–Crippen MR) is 65.2 cm³/mol. The third-order valence-corrected chi connectivity index (χ3v) is 2.72. The van der Waals surface area contributed by atoms with Crippen molar-refractivity contribution in [2.45, 2.75) is 19.4 Å². The van der Waals surface area contributed by atoms with Crippen LogP contribution < -0.4 is 5.73 Å². The Morgan fingerprint density at radius 1 is 1.41 bits per heavy atom. The number of fused-ring (bicyclic) bond motifs is 1. The number of ether oxygens (including phenoxy) is 1. The molecular weight excluding hydrogens is 221 g/mol. The predicted octanol–water partition coefficient (Wildman–Crippen LogP) is 2.18. The van der Waals surface area contributed by atoms with Gasteiger partial charge >= 0.3 is 0 Å². The van der Waals surface area contributed by atoms with Crippen LogP contribution in [0.25, 0.3) is 11.0 Å². The molecule has 2 N–H and O–H groups in total. The Morgan fingerprint density at radius 2 is 2.24 bits per heavy atom. The number of halogens is 1. The number of benzene rings is 1. The van der Waals surface area contributed by atoms with E-state index in [-0.39, 0.29) is 5.82 Å². The second-order valence-corrected chi connectivity index (χ2v) is 3.95. The van der Waals surface area contributed by atoms with Crippen LogP contribution in [0, 0.1) is 5.82 Å². The molecule has 1 heterocycles. The summed E-state index contributed by atoms with van der Waals surface area (Å²) in [5.74, 6) is 0.143. The molecule has 0 atom stereocenters. The number of hydrogen-bond donors (Lipinski definition) is 1. The van der Waals surface area contributed by atoms with E-state index in [1.807, 2.05) is 4.57 Å². The molecule has 0 aliphatic rings. The fraction of sp³-hybridized carbons (Fsp3) is 0.417. The number of rotatable bonds is 5. The second kappa shape index (κ2) is 5.14. The van der Waals surface area contributed by atoms with Gasteiger partial charge in [0.2, 0.25) is 5.95 Å². The molecule has 0 saturated carbocycles. The number of nitrogens with zero attached hydrogens (tertiary/aromatic N) is 2. The molecule has 92 valence electrons. The third-order valence-electron chi connectivity index (χ3n) is 2.72.